The summed E-state index contributed by atoms with van der Waals surface area (Å²) in [5.74, 6) is 1.29. The lowest BCUT2D eigenvalue weighted by atomic mass is 10.2. The minimum atomic E-state index is -0.207. The van der Waals surface area contributed by atoms with Crippen LogP contribution < -0.4 is 10.1 Å². The fraction of sp³-hybridized carbons (Fsp3) is 0.160. The third kappa shape index (κ3) is 5.30. The minimum Gasteiger partial charge on any atom is -0.487 e. The van der Waals surface area contributed by atoms with Gasteiger partial charge in [-0.3, -0.25) is 9.78 Å². The van der Waals surface area contributed by atoms with Gasteiger partial charge in [-0.15, -0.1) is 5.10 Å². The number of nitrogens with zero attached hydrogens (tertiary/aromatic N) is 5. The van der Waals surface area contributed by atoms with Gasteiger partial charge in [0.2, 0.25) is 5.91 Å². The number of anilines is 1. The Kier molecular flexibility index (Phi) is 5.88. The molecule has 2 heterocycles. The predicted octanol–water partition coefficient (Wildman–Crippen LogP) is 4.30. The molecule has 1 fully saturated rings. The van der Waals surface area contributed by atoms with Crippen LogP contribution >= 0.6 is 0 Å². The molecule has 5 rings (SSSR count). The van der Waals surface area contributed by atoms with Crippen molar-refractivity contribution in [2.45, 2.75) is 25.5 Å². The maximum atomic E-state index is 12.3. The summed E-state index contributed by atoms with van der Waals surface area (Å²) in [6, 6.07) is 21.2. The Morgan fingerprint density at radius 1 is 1.06 bits per heavy atom. The molecule has 164 valence electrons. The van der Waals surface area contributed by atoms with E-state index in [4.69, 9.17) is 4.74 Å². The topological polar surface area (TPSA) is 94.8 Å². The van der Waals surface area contributed by atoms with Gasteiger partial charge in [-0.1, -0.05) is 18.2 Å². The molecule has 8 nitrogen and oxygen atoms in total. The molecule has 2 aromatic carbocycles. The smallest absolute Gasteiger partial charge is 0.248 e. The Morgan fingerprint density at radius 3 is 2.61 bits per heavy atom. The second-order valence-electron chi connectivity index (χ2n) is 7.76. The van der Waals surface area contributed by atoms with Crippen molar-refractivity contribution < 1.29 is 9.53 Å². The molecule has 0 radical (unpaired) electrons. The number of hydrogen-bond acceptors (Lipinski definition) is 6. The molecule has 0 saturated heterocycles. The molecule has 1 aliphatic carbocycles. The third-order valence-corrected chi connectivity index (χ3v) is 5.22. The van der Waals surface area contributed by atoms with Gasteiger partial charge < -0.3 is 10.1 Å². The highest BCUT2D eigenvalue weighted by Crippen LogP contribution is 2.36. The Hall–Kier alpha value is -4.33. The number of benzene rings is 2. The first-order valence-corrected chi connectivity index (χ1v) is 10.7. The van der Waals surface area contributed by atoms with E-state index in [0.717, 1.165) is 41.2 Å². The average molecular weight is 438 g/mol. The summed E-state index contributed by atoms with van der Waals surface area (Å²) >= 11 is 0. The van der Waals surface area contributed by atoms with E-state index in [1.807, 2.05) is 71.4 Å². The van der Waals surface area contributed by atoms with E-state index >= 15 is 0 Å². The highest BCUT2D eigenvalue weighted by atomic mass is 16.5. The molecular formula is C25H22N6O2. The van der Waals surface area contributed by atoms with Crippen molar-refractivity contribution in [3.05, 3.63) is 90.3 Å². The molecule has 2 aromatic heterocycles. The van der Waals surface area contributed by atoms with Crippen molar-refractivity contribution in [2.24, 2.45) is 0 Å². The summed E-state index contributed by atoms with van der Waals surface area (Å²) in [6.45, 7) is 0.409. The molecule has 8 heteroatoms. The van der Waals surface area contributed by atoms with E-state index in [0.29, 0.717) is 18.3 Å². The van der Waals surface area contributed by atoms with Crippen LogP contribution in [0.25, 0.3) is 17.5 Å². The van der Waals surface area contributed by atoms with Crippen molar-refractivity contribution in [3.63, 3.8) is 0 Å². The first kappa shape index (κ1) is 20.6. The SMILES string of the molecule is O=C(/C=C/c1ccc(OCc2ccccn2)cc1)Nc1ccc(-c2nnnn2C2CC2)cc1. The Labute approximate surface area is 190 Å². The number of hydrogen-bond donors (Lipinski definition) is 1. The van der Waals surface area contributed by atoms with Gasteiger partial charge in [-0.25, -0.2) is 4.68 Å². The molecule has 0 spiro atoms. The third-order valence-electron chi connectivity index (χ3n) is 5.22. The fourth-order valence-corrected chi connectivity index (χ4v) is 3.32. The number of ether oxygens (including phenoxy) is 1. The first-order valence-electron chi connectivity index (χ1n) is 10.7. The highest BCUT2D eigenvalue weighted by molar-refractivity contribution is 6.02. The van der Waals surface area contributed by atoms with Crippen molar-refractivity contribution in [2.75, 3.05) is 5.32 Å². The molecule has 4 aromatic rings. The van der Waals surface area contributed by atoms with Crippen LogP contribution in [0, 0.1) is 0 Å². The Morgan fingerprint density at radius 2 is 1.88 bits per heavy atom. The second kappa shape index (κ2) is 9.44. The number of aromatic nitrogens is 5. The zero-order chi connectivity index (χ0) is 22.5. The number of nitrogens with one attached hydrogen (secondary N) is 1. The van der Waals surface area contributed by atoms with Crippen LogP contribution in [-0.2, 0) is 11.4 Å². The summed E-state index contributed by atoms with van der Waals surface area (Å²) in [5, 5.41) is 14.9. The lowest BCUT2D eigenvalue weighted by molar-refractivity contribution is -0.111. The maximum Gasteiger partial charge on any atom is 0.248 e. The Bertz CT molecular complexity index is 1250. The van der Waals surface area contributed by atoms with Gasteiger partial charge >= 0.3 is 0 Å². The van der Waals surface area contributed by atoms with Crippen LogP contribution in [0.15, 0.2) is 79.0 Å². The molecule has 0 aliphatic heterocycles. The van der Waals surface area contributed by atoms with Crippen molar-refractivity contribution in [1.29, 1.82) is 0 Å². The van der Waals surface area contributed by atoms with Crippen molar-refractivity contribution >= 4 is 17.7 Å². The van der Waals surface area contributed by atoms with Crippen LogP contribution in [0.3, 0.4) is 0 Å². The van der Waals surface area contributed by atoms with Crippen LogP contribution in [0.5, 0.6) is 5.75 Å². The second-order valence-corrected chi connectivity index (χ2v) is 7.76. The average Bonchev–Trinajstić information content (AvgIpc) is 3.59. The standard InChI is InChI=1S/C25H22N6O2/c32-24(15-6-18-4-13-23(14-5-18)33-17-21-3-1-2-16-26-21)27-20-9-7-19(8-10-20)25-28-29-30-31(25)22-11-12-22/h1-10,13-16,22H,11-12,17H2,(H,27,32)/b15-6+. The molecule has 1 N–H and O–H groups in total. The van der Waals surface area contributed by atoms with Gasteiger partial charge in [0.1, 0.15) is 12.4 Å². The normalized spacial score (nSPS) is 13.2. The summed E-state index contributed by atoms with van der Waals surface area (Å²) in [5.41, 5.74) is 3.40. The van der Waals surface area contributed by atoms with E-state index in [2.05, 4.69) is 25.8 Å². The molecule has 0 bridgehead atoms. The fourth-order valence-electron chi connectivity index (χ4n) is 3.32. The number of tetrazole rings is 1. The zero-order valence-corrected chi connectivity index (χ0v) is 17.8. The maximum absolute atomic E-state index is 12.3. The van der Waals surface area contributed by atoms with E-state index in [-0.39, 0.29) is 5.91 Å². The summed E-state index contributed by atoms with van der Waals surface area (Å²) in [7, 11) is 0. The summed E-state index contributed by atoms with van der Waals surface area (Å²) in [4.78, 5) is 16.5. The van der Waals surface area contributed by atoms with Gasteiger partial charge in [0.15, 0.2) is 5.82 Å². The zero-order valence-electron chi connectivity index (χ0n) is 17.8. The predicted molar refractivity (Wildman–Crippen MR) is 124 cm³/mol. The lowest BCUT2D eigenvalue weighted by Crippen LogP contribution is -2.07. The van der Waals surface area contributed by atoms with Crippen LogP contribution in [0.1, 0.15) is 30.1 Å². The number of pyridine rings is 1. The lowest BCUT2D eigenvalue weighted by Gasteiger charge is -2.06. The van der Waals surface area contributed by atoms with Crippen molar-refractivity contribution in [1.82, 2.24) is 25.2 Å². The van der Waals surface area contributed by atoms with Crippen LogP contribution in [0.2, 0.25) is 0 Å². The van der Waals surface area contributed by atoms with E-state index in [1.165, 1.54) is 6.08 Å². The van der Waals surface area contributed by atoms with Gasteiger partial charge in [-0.05, 0) is 83.4 Å². The molecular weight excluding hydrogens is 416 g/mol. The number of carbonyl (C=O) groups is 1. The van der Waals surface area contributed by atoms with Gasteiger partial charge in [0.05, 0.1) is 11.7 Å². The highest BCUT2D eigenvalue weighted by Gasteiger charge is 2.28. The van der Waals surface area contributed by atoms with E-state index in [1.54, 1.807) is 12.3 Å². The molecule has 1 saturated carbocycles. The Balaban J connectivity index is 1.14. The summed E-state index contributed by atoms with van der Waals surface area (Å²) < 4.78 is 7.60. The van der Waals surface area contributed by atoms with Crippen LogP contribution in [-0.4, -0.2) is 31.1 Å². The molecule has 1 amide bonds. The van der Waals surface area contributed by atoms with Crippen molar-refractivity contribution in [3.8, 4) is 17.1 Å². The minimum absolute atomic E-state index is 0.207. The summed E-state index contributed by atoms with van der Waals surface area (Å²) in [6.07, 6.45) is 7.23. The van der Waals surface area contributed by atoms with E-state index < -0.39 is 0 Å². The number of amides is 1. The quantitative estimate of drug-likeness (QED) is 0.412. The first-order chi connectivity index (χ1) is 16.2. The van der Waals surface area contributed by atoms with E-state index in [9.17, 15) is 4.79 Å². The monoisotopic (exact) mass is 438 g/mol. The van der Waals surface area contributed by atoms with Gasteiger partial charge in [0, 0.05) is 23.5 Å². The van der Waals surface area contributed by atoms with Crippen LogP contribution in [0.4, 0.5) is 5.69 Å². The molecule has 0 atom stereocenters. The molecule has 0 unspecified atom stereocenters. The van der Waals surface area contributed by atoms with Gasteiger partial charge in [0.25, 0.3) is 0 Å². The molecule has 33 heavy (non-hydrogen) atoms. The largest absolute Gasteiger partial charge is 0.487 e. The molecule has 1 aliphatic rings. The number of rotatable bonds is 8. The van der Waals surface area contributed by atoms with Gasteiger partial charge in [-0.2, -0.15) is 0 Å². The number of carbonyl (C=O) groups excluding carboxylic acids is 1.